The average Bonchev–Trinajstić information content (AvgIpc) is 2.88. The number of hydrogen-bond acceptors (Lipinski definition) is 4. The van der Waals surface area contributed by atoms with Gasteiger partial charge in [-0.25, -0.2) is 0 Å². The third kappa shape index (κ3) is 6.80. The van der Waals surface area contributed by atoms with Crippen molar-refractivity contribution >= 4 is 11.8 Å². The van der Waals surface area contributed by atoms with Crippen LogP contribution >= 0.6 is 0 Å². The minimum Gasteiger partial charge on any atom is -0.494 e. The van der Waals surface area contributed by atoms with Crippen molar-refractivity contribution in [3.63, 3.8) is 0 Å². The predicted octanol–water partition coefficient (Wildman–Crippen LogP) is 4.35. The van der Waals surface area contributed by atoms with Gasteiger partial charge in [0.15, 0.2) is 0 Å². The zero-order valence-electron chi connectivity index (χ0n) is 19.5. The molecule has 1 saturated carbocycles. The molecule has 2 fully saturated rings. The van der Waals surface area contributed by atoms with Crippen LogP contribution in [0, 0.1) is 5.92 Å². The summed E-state index contributed by atoms with van der Waals surface area (Å²) in [6.07, 6.45) is 13.1. The Hall–Kier alpha value is -2.89. The number of benzene rings is 1. The van der Waals surface area contributed by atoms with Gasteiger partial charge in [-0.05, 0) is 54.7 Å². The second kappa shape index (κ2) is 11.8. The molecule has 33 heavy (non-hydrogen) atoms. The number of piperazine rings is 1. The van der Waals surface area contributed by atoms with Gasteiger partial charge < -0.3 is 14.5 Å². The maximum absolute atomic E-state index is 12.9. The molecule has 0 spiro atoms. The molecule has 2 heterocycles. The van der Waals surface area contributed by atoms with Crippen LogP contribution in [-0.2, 0) is 11.2 Å². The number of nitrogens with zero attached hydrogens (tertiary/aromatic N) is 3. The van der Waals surface area contributed by atoms with Gasteiger partial charge in [0, 0.05) is 44.1 Å². The van der Waals surface area contributed by atoms with Crippen LogP contribution in [0.25, 0.3) is 0 Å². The van der Waals surface area contributed by atoms with E-state index in [4.69, 9.17) is 4.74 Å². The Morgan fingerprint density at radius 1 is 0.939 bits per heavy atom. The summed E-state index contributed by atoms with van der Waals surface area (Å²) in [6, 6.07) is 11.2. The first-order valence-electron chi connectivity index (χ1n) is 12.4. The molecule has 2 aliphatic rings. The standard InChI is InChI=1S/C27H35N3O3/c31-26(20-23-8-4-14-28-21-23)29-15-17-30(18-16-29)27(32)24-10-12-25(13-11-24)33-19-5-9-22-6-2-1-3-7-22/h4,8,10-14,21-22H,1-3,5-7,9,15-20H2. The molecule has 1 aliphatic carbocycles. The monoisotopic (exact) mass is 449 g/mol. The first-order valence-corrected chi connectivity index (χ1v) is 12.4. The van der Waals surface area contributed by atoms with Crippen molar-refractivity contribution in [3.05, 3.63) is 59.9 Å². The summed E-state index contributed by atoms with van der Waals surface area (Å²) in [5, 5.41) is 0. The number of amides is 2. The molecule has 0 N–H and O–H groups in total. The summed E-state index contributed by atoms with van der Waals surface area (Å²) in [7, 11) is 0. The Morgan fingerprint density at radius 3 is 2.36 bits per heavy atom. The van der Waals surface area contributed by atoms with Crippen molar-refractivity contribution in [2.45, 2.75) is 51.4 Å². The molecule has 1 aromatic heterocycles. The van der Waals surface area contributed by atoms with Gasteiger partial charge in [-0.1, -0.05) is 38.2 Å². The van der Waals surface area contributed by atoms with Crippen molar-refractivity contribution in [2.75, 3.05) is 32.8 Å². The lowest BCUT2D eigenvalue weighted by atomic mass is 9.86. The molecule has 4 rings (SSSR count). The molecule has 1 aromatic carbocycles. The van der Waals surface area contributed by atoms with Crippen LogP contribution in [0.4, 0.5) is 0 Å². The van der Waals surface area contributed by atoms with Crippen LogP contribution < -0.4 is 4.74 Å². The van der Waals surface area contributed by atoms with Crippen LogP contribution in [0.3, 0.4) is 0 Å². The maximum atomic E-state index is 12.9. The normalized spacial score (nSPS) is 17.1. The number of pyridine rings is 1. The fourth-order valence-corrected chi connectivity index (χ4v) is 4.86. The minimum atomic E-state index is 0.0122. The average molecular weight is 450 g/mol. The van der Waals surface area contributed by atoms with Gasteiger partial charge in [0.25, 0.3) is 5.91 Å². The van der Waals surface area contributed by atoms with Gasteiger partial charge in [-0.15, -0.1) is 0 Å². The quantitative estimate of drug-likeness (QED) is 0.562. The van der Waals surface area contributed by atoms with E-state index in [0.29, 0.717) is 38.2 Å². The van der Waals surface area contributed by atoms with E-state index in [9.17, 15) is 9.59 Å². The van der Waals surface area contributed by atoms with Gasteiger partial charge in [-0.3, -0.25) is 14.6 Å². The lowest BCUT2D eigenvalue weighted by Crippen LogP contribution is -2.51. The van der Waals surface area contributed by atoms with E-state index in [2.05, 4.69) is 4.98 Å². The molecule has 0 bridgehead atoms. The predicted molar refractivity (Wildman–Crippen MR) is 128 cm³/mol. The summed E-state index contributed by atoms with van der Waals surface area (Å²) in [4.78, 5) is 33.1. The Labute approximate surface area is 196 Å². The molecule has 0 unspecified atom stereocenters. The largest absolute Gasteiger partial charge is 0.494 e. The van der Waals surface area contributed by atoms with Crippen LogP contribution in [-0.4, -0.2) is 59.4 Å². The van der Waals surface area contributed by atoms with E-state index in [1.54, 1.807) is 12.4 Å². The molecule has 2 amide bonds. The summed E-state index contributed by atoms with van der Waals surface area (Å²) < 4.78 is 5.89. The van der Waals surface area contributed by atoms with Crippen LogP contribution in [0.5, 0.6) is 5.75 Å². The van der Waals surface area contributed by atoms with E-state index < -0.39 is 0 Å². The maximum Gasteiger partial charge on any atom is 0.253 e. The highest BCUT2D eigenvalue weighted by Gasteiger charge is 2.25. The number of carbonyl (C=O) groups excluding carboxylic acids is 2. The second-order valence-electron chi connectivity index (χ2n) is 9.23. The van der Waals surface area contributed by atoms with Gasteiger partial charge in [0.1, 0.15) is 5.75 Å². The first-order chi connectivity index (χ1) is 16.2. The van der Waals surface area contributed by atoms with Crippen molar-refractivity contribution in [2.24, 2.45) is 5.92 Å². The molecule has 0 atom stereocenters. The number of carbonyl (C=O) groups is 2. The van der Waals surface area contributed by atoms with Crippen molar-refractivity contribution < 1.29 is 14.3 Å². The molecular formula is C27H35N3O3. The number of ether oxygens (including phenoxy) is 1. The molecular weight excluding hydrogens is 414 g/mol. The Bertz CT molecular complexity index is 887. The summed E-state index contributed by atoms with van der Waals surface area (Å²) >= 11 is 0. The number of aromatic nitrogens is 1. The van der Waals surface area contributed by atoms with Crippen LogP contribution in [0.1, 0.15) is 60.9 Å². The third-order valence-corrected chi connectivity index (χ3v) is 6.85. The lowest BCUT2D eigenvalue weighted by molar-refractivity contribution is -0.131. The molecule has 176 valence electrons. The van der Waals surface area contributed by atoms with E-state index >= 15 is 0 Å². The highest BCUT2D eigenvalue weighted by Crippen LogP contribution is 2.27. The molecule has 2 aromatic rings. The first kappa shape index (κ1) is 23.3. The molecule has 6 nitrogen and oxygen atoms in total. The van der Waals surface area contributed by atoms with Gasteiger partial charge in [0.05, 0.1) is 13.0 Å². The zero-order valence-corrected chi connectivity index (χ0v) is 19.5. The van der Waals surface area contributed by atoms with E-state index in [0.717, 1.165) is 30.3 Å². The van der Waals surface area contributed by atoms with E-state index in [1.807, 2.05) is 46.2 Å². The van der Waals surface area contributed by atoms with Gasteiger partial charge >= 0.3 is 0 Å². The highest BCUT2D eigenvalue weighted by molar-refractivity contribution is 5.94. The van der Waals surface area contributed by atoms with Crippen LogP contribution in [0.2, 0.25) is 0 Å². The van der Waals surface area contributed by atoms with Crippen molar-refractivity contribution in [1.29, 1.82) is 0 Å². The van der Waals surface area contributed by atoms with Crippen molar-refractivity contribution in [1.82, 2.24) is 14.8 Å². The van der Waals surface area contributed by atoms with Gasteiger partial charge in [0.2, 0.25) is 5.91 Å². The van der Waals surface area contributed by atoms with Crippen molar-refractivity contribution in [3.8, 4) is 5.75 Å². The minimum absolute atomic E-state index is 0.0122. The molecule has 1 aliphatic heterocycles. The van der Waals surface area contributed by atoms with Gasteiger partial charge in [-0.2, -0.15) is 0 Å². The molecule has 0 radical (unpaired) electrons. The highest BCUT2D eigenvalue weighted by atomic mass is 16.5. The van der Waals surface area contributed by atoms with E-state index in [1.165, 1.54) is 38.5 Å². The summed E-state index contributed by atoms with van der Waals surface area (Å²) in [5.74, 6) is 1.80. The summed E-state index contributed by atoms with van der Waals surface area (Å²) in [5.41, 5.74) is 1.58. The summed E-state index contributed by atoms with van der Waals surface area (Å²) in [6.45, 7) is 2.97. The fourth-order valence-electron chi connectivity index (χ4n) is 4.86. The number of hydrogen-bond donors (Lipinski definition) is 0. The zero-order chi connectivity index (χ0) is 22.9. The fraction of sp³-hybridized carbons (Fsp3) is 0.519. The molecule has 6 heteroatoms. The topological polar surface area (TPSA) is 62.7 Å². The van der Waals surface area contributed by atoms with E-state index in [-0.39, 0.29) is 11.8 Å². The SMILES string of the molecule is O=C(Cc1cccnc1)N1CCN(C(=O)c2ccc(OCCCC3CCCCC3)cc2)CC1. The lowest BCUT2D eigenvalue weighted by Gasteiger charge is -2.35. The smallest absolute Gasteiger partial charge is 0.253 e. The number of rotatable bonds is 8. The Kier molecular flexibility index (Phi) is 8.34. The second-order valence-corrected chi connectivity index (χ2v) is 9.23. The van der Waals surface area contributed by atoms with Crippen LogP contribution in [0.15, 0.2) is 48.8 Å². The Balaban J connectivity index is 1.18. The molecule has 1 saturated heterocycles. The Morgan fingerprint density at radius 2 is 1.67 bits per heavy atom. The third-order valence-electron chi connectivity index (χ3n) is 6.85.